The molecule has 0 unspecified atom stereocenters. The van der Waals surface area contributed by atoms with Crippen molar-refractivity contribution < 1.29 is 4.42 Å². The van der Waals surface area contributed by atoms with E-state index < -0.39 is 0 Å². The summed E-state index contributed by atoms with van der Waals surface area (Å²) in [6.07, 6.45) is 8.25. The van der Waals surface area contributed by atoms with E-state index in [1.807, 2.05) is 103 Å². The Kier molecular flexibility index (Phi) is 14.2. The molecule has 0 bridgehead atoms. The minimum absolute atomic E-state index is 0.571. The van der Waals surface area contributed by atoms with Crippen molar-refractivity contribution in [2.45, 2.75) is 0 Å². The van der Waals surface area contributed by atoms with Gasteiger partial charge in [-0.05, 0) is 59.7 Å². The van der Waals surface area contributed by atoms with Crippen LogP contribution in [-0.2, 0) is 0 Å². The Balaban J connectivity index is 0.673. The van der Waals surface area contributed by atoms with Gasteiger partial charge in [-0.1, -0.05) is 261 Å². The van der Waals surface area contributed by atoms with Crippen molar-refractivity contribution in [2.75, 3.05) is 0 Å². The number of H-pyrrole nitrogens is 1. The topological polar surface area (TPSA) is 132 Å². The van der Waals surface area contributed by atoms with Crippen LogP contribution in [0.4, 0.5) is 0 Å². The number of rotatable bonds is 13. The van der Waals surface area contributed by atoms with Crippen LogP contribution in [0.5, 0.6) is 0 Å². The van der Waals surface area contributed by atoms with Crippen LogP contribution in [0.2, 0.25) is 0 Å². The summed E-state index contributed by atoms with van der Waals surface area (Å²) >= 11 is 3.40. The minimum atomic E-state index is 0.571. The molecule has 0 spiro atoms. The molecular formula is C88H53N9OS2. The first kappa shape index (κ1) is 58.4. The molecule has 0 aliphatic rings. The van der Waals surface area contributed by atoms with Gasteiger partial charge >= 0.3 is 0 Å². The predicted molar refractivity (Wildman–Crippen MR) is 414 cm³/mol. The Morgan fingerprint density at radius 1 is 0.370 bits per heavy atom. The molecule has 10 nitrogen and oxygen atoms in total. The van der Waals surface area contributed by atoms with Crippen molar-refractivity contribution in [3.63, 3.8) is 0 Å². The molecule has 0 saturated heterocycles. The molecule has 19 rings (SSSR count). The summed E-state index contributed by atoms with van der Waals surface area (Å²) in [5, 5.41) is 6.09. The summed E-state index contributed by atoms with van der Waals surface area (Å²) in [6.45, 7) is 4.69. The normalized spacial score (nSPS) is 12.0. The van der Waals surface area contributed by atoms with E-state index >= 15 is 0 Å². The fraction of sp³-hybridized carbons (Fsp3) is 0. The van der Waals surface area contributed by atoms with Crippen molar-refractivity contribution in [3.8, 4) is 102 Å². The van der Waals surface area contributed by atoms with Crippen LogP contribution >= 0.6 is 22.7 Å². The second-order valence-electron chi connectivity index (χ2n) is 24.6. The average Bonchev–Trinajstić information content (AvgIpc) is 1.57. The van der Waals surface area contributed by atoms with E-state index in [9.17, 15) is 0 Å². The Hall–Kier alpha value is -13.0. The third-order valence-corrected chi connectivity index (χ3v) is 20.9. The van der Waals surface area contributed by atoms with Crippen molar-refractivity contribution >= 4 is 119 Å². The molecule has 0 atom stereocenters. The maximum absolute atomic E-state index is 6.88. The number of aromatic amines is 1. The monoisotopic (exact) mass is 1320 g/mol. The largest absolute Gasteiger partial charge is 0.455 e. The van der Waals surface area contributed by atoms with E-state index in [0.717, 1.165) is 169 Å². The Bertz CT molecular complexity index is 6420. The molecule has 468 valence electrons. The molecule has 11 aromatic carbocycles. The zero-order valence-corrected chi connectivity index (χ0v) is 55.0. The summed E-state index contributed by atoms with van der Waals surface area (Å²) in [5.74, 6) is 2.44. The Morgan fingerprint density at radius 2 is 0.900 bits per heavy atom. The summed E-state index contributed by atoms with van der Waals surface area (Å²) in [7, 11) is 0. The highest BCUT2D eigenvalue weighted by Crippen LogP contribution is 2.46. The number of para-hydroxylation sites is 2. The number of hydrogen-bond donors (Lipinski definition) is 1. The standard InChI is InChI=1S/C88H53N9OS2/c1-52(25-17-19-44-68-83-79(62-36-18-20-46-75(62)99-83)96-86(90-68)64-40-24-45-74-76(64)63-39-23-43-67(81(63)98-74)88-93-71(55-30-11-4-12-31-55)51-72(94-88)56-32-13-5-14-33-56)59-37-21-41-65-80-84(100-82(59)65)77(57-34-15-6-16-35-57)95-87(97-80)66-42-22-38-61-60-48-47-58(49-73(60)89-78(61)66)85-91-69(53-26-7-2-8-27-53)50-70(92-85)54-28-9-3-10-29-54/h2-51,89H,1H2/b25-17-,44-19+. The van der Waals surface area contributed by atoms with Crippen LogP contribution in [0.15, 0.2) is 308 Å². The van der Waals surface area contributed by atoms with E-state index in [0.29, 0.717) is 34.5 Å². The lowest BCUT2D eigenvalue weighted by Gasteiger charge is -2.09. The molecule has 1 N–H and O–H groups in total. The van der Waals surface area contributed by atoms with E-state index in [2.05, 4.69) is 205 Å². The van der Waals surface area contributed by atoms with E-state index in [1.54, 1.807) is 22.7 Å². The summed E-state index contributed by atoms with van der Waals surface area (Å²) in [4.78, 5) is 46.3. The average molecular weight is 1320 g/mol. The maximum Gasteiger partial charge on any atom is 0.164 e. The Labute approximate surface area is 581 Å². The number of fused-ring (bicyclic) bond motifs is 12. The second-order valence-corrected chi connectivity index (χ2v) is 26.7. The van der Waals surface area contributed by atoms with Crippen LogP contribution in [0.3, 0.4) is 0 Å². The zero-order valence-electron chi connectivity index (χ0n) is 53.4. The first-order chi connectivity index (χ1) is 49.5. The first-order valence-electron chi connectivity index (χ1n) is 33.0. The van der Waals surface area contributed by atoms with Gasteiger partial charge in [0, 0.05) is 91.7 Å². The summed E-state index contributed by atoms with van der Waals surface area (Å²) in [6, 6.07) is 95.5. The number of nitrogens with zero attached hydrogens (tertiary/aromatic N) is 8. The zero-order chi connectivity index (χ0) is 66.2. The number of furan rings is 1. The van der Waals surface area contributed by atoms with Gasteiger partial charge in [-0.2, -0.15) is 0 Å². The SMILES string of the molecule is C=C(/C=C\C=C\c1nc(-c2cccc3oc4c(-c5nc(-c6ccccc6)cc(-c6ccccc6)n5)cccc4c23)nc2c1sc1ccccc12)c1cccc2c1sc1c(-c3ccccc3)nc(-c3cccc4c3[nH]c3cc(-c5nc(-c6ccccc6)cc(-c6ccccc6)n5)ccc34)nc12. The highest BCUT2D eigenvalue weighted by molar-refractivity contribution is 7.26. The molecule has 8 aromatic heterocycles. The number of benzene rings is 11. The van der Waals surface area contributed by atoms with Crippen LogP contribution in [0.1, 0.15) is 11.3 Å². The third kappa shape index (κ3) is 10.2. The number of nitrogens with one attached hydrogen (secondary N) is 1. The van der Waals surface area contributed by atoms with Crippen LogP contribution < -0.4 is 0 Å². The molecule has 12 heteroatoms. The molecule has 0 radical (unpaired) electrons. The second kappa shape index (κ2) is 24.3. The quantitative estimate of drug-likeness (QED) is 0.112. The first-order valence-corrected chi connectivity index (χ1v) is 34.6. The number of allylic oxidation sites excluding steroid dienone is 4. The molecule has 0 fully saturated rings. The summed E-state index contributed by atoms with van der Waals surface area (Å²) < 4.78 is 11.1. The van der Waals surface area contributed by atoms with Gasteiger partial charge in [-0.15, -0.1) is 22.7 Å². The van der Waals surface area contributed by atoms with Crippen molar-refractivity contribution in [3.05, 3.63) is 315 Å². The van der Waals surface area contributed by atoms with Crippen molar-refractivity contribution in [1.29, 1.82) is 0 Å². The van der Waals surface area contributed by atoms with Gasteiger partial charge < -0.3 is 9.40 Å². The van der Waals surface area contributed by atoms with Crippen molar-refractivity contribution in [1.82, 2.24) is 44.9 Å². The van der Waals surface area contributed by atoms with Gasteiger partial charge in [0.2, 0.25) is 0 Å². The van der Waals surface area contributed by atoms with Gasteiger partial charge in [-0.3, -0.25) is 0 Å². The van der Waals surface area contributed by atoms with E-state index in [-0.39, 0.29) is 0 Å². The highest BCUT2D eigenvalue weighted by atomic mass is 32.1. The number of hydrogen-bond acceptors (Lipinski definition) is 11. The lowest BCUT2D eigenvalue weighted by atomic mass is 10.0. The third-order valence-electron chi connectivity index (χ3n) is 18.5. The van der Waals surface area contributed by atoms with Crippen LogP contribution in [0.25, 0.3) is 198 Å². The van der Waals surface area contributed by atoms with E-state index in [1.165, 1.54) is 0 Å². The lowest BCUT2D eigenvalue weighted by Crippen LogP contribution is -1.96. The fourth-order valence-electron chi connectivity index (χ4n) is 13.7. The highest BCUT2D eigenvalue weighted by Gasteiger charge is 2.24. The van der Waals surface area contributed by atoms with Gasteiger partial charge in [-0.25, -0.2) is 39.9 Å². The molecule has 0 aliphatic heterocycles. The molecule has 8 heterocycles. The van der Waals surface area contributed by atoms with Crippen LogP contribution in [-0.4, -0.2) is 44.9 Å². The molecule has 19 aromatic rings. The maximum atomic E-state index is 6.88. The molecule has 100 heavy (non-hydrogen) atoms. The number of aromatic nitrogens is 9. The molecule has 0 amide bonds. The van der Waals surface area contributed by atoms with Gasteiger partial charge in [0.1, 0.15) is 11.2 Å². The smallest absolute Gasteiger partial charge is 0.164 e. The van der Waals surface area contributed by atoms with Crippen molar-refractivity contribution in [2.24, 2.45) is 0 Å². The molecular weight excluding hydrogens is 1260 g/mol. The number of thiophene rings is 2. The van der Waals surface area contributed by atoms with Crippen LogP contribution in [0, 0.1) is 0 Å². The van der Waals surface area contributed by atoms with E-state index in [4.69, 9.17) is 50.9 Å². The van der Waals surface area contributed by atoms with Gasteiger partial charge in [0.15, 0.2) is 23.3 Å². The predicted octanol–water partition coefficient (Wildman–Crippen LogP) is 23.4. The van der Waals surface area contributed by atoms with Gasteiger partial charge in [0.05, 0.1) is 65.7 Å². The molecule has 0 saturated carbocycles. The Morgan fingerprint density at radius 3 is 1.57 bits per heavy atom. The fourth-order valence-corrected chi connectivity index (χ4v) is 16.1. The summed E-state index contributed by atoms with van der Waals surface area (Å²) in [5.41, 5.74) is 20.5. The lowest BCUT2D eigenvalue weighted by molar-refractivity contribution is 0.669. The molecule has 0 aliphatic carbocycles. The van der Waals surface area contributed by atoms with Gasteiger partial charge in [0.25, 0.3) is 0 Å². The minimum Gasteiger partial charge on any atom is -0.455 e.